The zero-order valence-electron chi connectivity index (χ0n) is 18.2. The number of aromatic nitrogens is 7. The van der Waals surface area contributed by atoms with Crippen LogP contribution in [0.15, 0.2) is 32.6 Å². The lowest BCUT2D eigenvalue weighted by Crippen LogP contribution is -2.40. The molecule has 0 radical (unpaired) electrons. The Morgan fingerprint density at radius 3 is 2.72 bits per heavy atom. The molecule has 0 unspecified atom stereocenters. The van der Waals surface area contributed by atoms with Gasteiger partial charge in [0.1, 0.15) is 11.5 Å². The first kappa shape index (κ1) is 22.1. The van der Waals surface area contributed by atoms with E-state index in [1.807, 2.05) is 19.2 Å². The fraction of sp³-hybridized carbons (Fsp3) is 0.476. The number of hydrogen-bond acceptors (Lipinski definition) is 6. The van der Waals surface area contributed by atoms with Crippen LogP contribution >= 0.6 is 11.6 Å². The molecule has 0 aliphatic heterocycles. The standard InChI is InChI=1S/C21H26ClN7O3/c1-3-4-5-8-28-18-17(24-20(22)25-18)19(30)29(21(28)31)9-6-7-15-11-23-27(12-15)13-16-10-14(2)32-26-16/h10-12H,3-9,13H2,1-2H3,(H,24,25). The molecule has 10 nitrogen and oxygen atoms in total. The second-order valence-electron chi connectivity index (χ2n) is 7.90. The summed E-state index contributed by atoms with van der Waals surface area (Å²) in [6, 6.07) is 1.87. The Labute approximate surface area is 188 Å². The molecule has 0 spiro atoms. The predicted molar refractivity (Wildman–Crippen MR) is 120 cm³/mol. The van der Waals surface area contributed by atoms with Gasteiger partial charge in [-0.25, -0.2) is 4.79 Å². The van der Waals surface area contributed by atoms with Gasteiger partial charge in [0.2, 0.25) is 5.28 Å². The molecule has 0 aliphatic rings. The molecule has 0 fully saturated rings. The van der Waals surface area contributed by atoms with E-state index in [9.17, 15) is 9.59 Å². The summed E-state index contributed by atoms with van der Waals surface area (Å²) in [6.07, 6.45) is 7.88. The van der Waals surface area contributed by atoms with Crippen LogP contribution in [0.2, 0.25) is 5.28 Å². The molecule has 0 amide bonds. The summed E-state index contributed by atoms with van der Waals surface area (Å²) >= 11 is 5.99. The summed E-state index contributed by atoms with van der Waals surface area (Å²) in [6.45, 7) is 5.26. The van der Waals surface area contributed by atoms with Gasteiger partial charge in [-0.05, 0) is 43.4 Å². The van der Waals surface area contributed by atoms with Crippen LogP contribution in [-0.2, 0) is 26.1 Å². The van der Waals surface area contributed by atoms with Gasteiger partial charge in [-0.15, -0.1) is 0 Å². The van der Waals surface area contributed by atoms with Crippen molar-refractivity contribution < 1.29 is 4.52 Å². The Kier molecular flexibility index (Phi) is 6.59. The maximum Gasteiger partial charge on any atom is 0.332 e. The highest BCUT2D eigenvalue weighted by Crippen LogP contribution is 2.11. The van der Waals surface area contributed by atoms with E-state index in [1.54, 1.807) is 15.4 Å². The summed E-state index contributed by atoms with van der Waals surface area (Å²) in [7, 11) is 0. The highest BCUT2D eigenvalue weighted by Gasteiger charge is 2.16. The van der Waals surface area contributed by atoms with Crippen molar-refractivity contribution in [2.24, 2.45) is 0 Å². The Hall–Kier alpha value is -3.14. The highest BCUT2D eigenvalue weighted by molar-refractivity contribution is 6.28. The van der Waals surface area contributed by atoms with E-state index >= 15 is 0 Å². The van der Waals surface area contributed by atoms with Gasteiger partial charge in [0.15, 0.2) is 11.2 Å². The van der Waals surface area contributed by atoms with Crippen molar-refractivity contribution in [3.63, 3.8) is 0 Å². The zero-order chi connectivity index (χ0) is 22.7. The lowest BCUT2D eigenvalue weighted by atomic mass is 10.2. The van der Waals surface area contributed by atoms with Gasteiger partial charge >= 0.3 is 5.69 Å². The van der Waals surface area contributed by atoms with E-state index in [0.29, 0.717) is 38.1 Å². The molecule has 0 bridgehead atoms. The zero-order valence-corrected chi connectivity index (χ0v) is 18.9. The number of aryl methyl sites for hydroxylation is 3. The van der Waals surface area contributed by atoms with Crippen LogP contribution in [-0.4, -0.2) is 34.0 Å². The monoisotopic (exact) mass is 459 g/mol. The van der Waals surface area contributed by atoms with Crippen molar-refractivity contribution in [3.8, 4) is 0 Å². The molecule has 0 saturated carbocycles. The molecule has 32 heavy (non-hydrogen) atoms. The maximum absolute atomic E-state index is 13.1. The molecule has 0 aromatic carbocycles. The van der Waals surface area contributed by atoms with Gasteiger partial charge in [-0.1, -0.05) is 24.9 Å². The normalized spacial score (nSPS) is 11.6. The molecular weight excluding hydrogens is 434 g/mol. The third kappa shape index (κ3) is 4.69. The first-order valence-electron chi connectivity index (χ1n) is 10.8. The first-order valence-corrected chi connectivity index (χ1v) is 11.2. The van der Waals surface area contributed by atoms with E-state index in [2.05, 4.69) is 27.1 Å². The third-order valence-corrected chi connectivity index (χ3v) is 5.53. The van der Waals surface area contributed by atoms with E-state index in [0.717, 1.165) is 36.3 Å². The average molecular weight is 460 g/mol. The molecule has 0 atom stereocenters. The van der Waals surface area contributed by atoms with Crippen LogP contribution < -0.4 is 11.2 Å². The van der Waals surface area contributed by atoms with E-state index < -0.39 is 5.56 Å². The molecule has 4 aromatic rings. The van der Waals surface area contributed by atoms with E-state index in [-0.39, 0.29) is 16.5 Å². The minimum absolute atomic E-state index is 0.105. The fourth-order valence-electron chi connectivity index (χ4n) is 3.78. The van der Waals surface area contributed by atoms with Gasteiger partial charge in [-0.2, -0.15) is 10.1 Å². The lowest BCUT2D eigenvalue weighted by Gasteiger charge is -2.11. The summed E-state index contributed by atoms with van der Waals surface area (Å²) in [5.74, 6) is 0.758. The van der Waals surface area contributed by atoms with Crippen molar-refractivity contribution in [2.45, 2.75) is 65.6 Å². The molecule has 11 heteroatoms. The summed E-state index contributed by atoms with van der Waals surface area (Å²) in [5, 5.41) is 8.43. The number of unbranched alkanes of at least 4 members (excludes halogenated alkanes) is 2. The number of hydrogen-bond donors (Lipinski definition) is 1. The smallest absolute Gasteiger partial charge is 0.332 e. The average Bonchev–Trinajstić information content (AvgIpc) is 3.48. The summed E-state index contributed by atoms with van der Waals surface area (Å²) < 4.78 is 9.69. The van der Waals surface area contributed by atoms with Gasteiger partial charge in [0.25, 0.3) is 5.56 Å². The minimum Gasteiger partial charge on any atom is -0.361 e. The molecule has 4 rings (SSSR count). The molecular formula is C21H26ClN7O3. The number of imidazole rings is 1. The van der Waals surface area contributed by atoms with Gasteiger partial charge in [0.05, 0.1) is 12.7 Å². The number of rotatable bonds is 10. The molecule has 1 N–H and O–H groups in total. The van der Waals surface area contributed by atoms with Crippen molar-refractivity contribution in [1.29, 1.82) is 0 Å². The van der Waals surface area contributed by atoms with Crippen LogP contribution in [0, 0.1) is 6.92 Å². The molecule has 170 valence electrons. The quantitative estimate of drug-likeness (QED) is 0.288. The van der Waals surface area contributed by atoms with Crippen molar-refractivity contribution in [3.05, 3.63) is 61.6 Å². The number of nitrogens with zero attached hydrogens (tertiary/aromatic N) is 6. The number of aromatic amines is 1. The molecule has 4 aromatic heterocycles. The van der Waals surface area contributed by atoms with Crippen molar-refractivity contribution >= 4 is 22.8 Å². The van der Waals surface area contributed by atoms with Crippen LogP contribution in [0.1, 0.15) is 49.6 Å². The van der Waals surface area contributed by atoms with Crippen molar-refractivity contribution in [1.82, 2.24) is 34.0 Å². The molecule has 0 aliphatic carbocycles. The Morgan fingerprint density at radius 1 is 1.16 bits per heavy atom. The largest absolute Gasteiger partial charge is 0.361 e. The summed E-state index contributed by atoms with van der Waals surface area (Å²) in [5.41, 5.74) is 1.67. The highest BCUT2D eigenvalue weighted by atomic mass is 35.5. The first-order chi connectivity index (χ1) is 15.5. The van der Waals surface area contributed by atoms with Crippen LogP contribution in [0.5, 0.6) is 0 Å². The molecule has 0 saturated heterocycles. The Balaban J connectivity index is 1.48. The predicted octanol–water partition coefficient (Wildman–Crippen LogP) is 2.90. The van der Waals surface area contributed by atoms with Crippen LogP contribution in [0.25, 0.3) is 11.2 Å². The van der Waals surface area contributed by atoms with E-state index in [1.165, 1.54) is 4.57 Å². The van der Waals surface area contributed by atoms with Gasteiger partial charge in [0, 0.05) is 25.4 Å². The Bertz CT molecular complexity index is 1330. The third-order valence-electron chi connectivity index (χ3n) is 5.35. The van der Waals surface area contributed by atoms with Crippen molar-refractivity contribution in [2.75, 3.05) is 0 Å². The second kappa shape index (κ2) is 9.56. The fourth-order valence-corrected chi connectivity index (χ4v) is 3.95. The number of halogens is 1. The van der Waals surface area contributed by atoms with Gasteiger partial charge < -0.3 is 9.51 Å². The lowest BCUT2D eigenvalue weighted by molar-refractivity contribution is 0.387. The molecule has 4 heterocycles. The number of nitrogens with one attached hydrogen (secondary N) is 1. The SMILES string of the molecule is CCCCCn1c(=O)n(CCCc2cnn(Cc3cc(C)on3)c2)c(=O)c2[nH]c(Cl)nc21. The van der Waals surface area contributed by atoms with Gasteiger partial charge in [-0.3, -0.25) is 18.6 Å². The second-order valence-corrected chi connectivity index (χ2v) is 8.26. The number of H-pyrrole nitrogens is 1. The van der Waals surface area contributed by atoms with E-state index in [4.69, 9.17) is 16.1 Å². The van der Waals surface area contributed by atoms with Crippen LogP contribution in [0.4, 0.5) is 0 Å². The topological polar surface area (TPSA) is 117 Å². The maximum atomic E-state index is 13.1. The number of fused-ring (bicyclic) bond motifs is 1. The summed E-state index contributed by atoms with van der Waals surface area (Å²) in [4.78, 5) is 32.9. The van der Waals surface area contributed by atoms with Crippen LogP contribution in [0.3, 0.4) is 0 Å². The minimum atomic E-state index is -0.395. The Morgan fingerprint density at radius 2 is 1.97 bits per heavy atom.